The van der Waals surface area contributed by atoms with Crippen LogP contribution in [-0.2, 0) is 6.42 Å². The zero-order valence-corrected chi connectivity index (χ0v) is 10.5. The van der Waals surface area contributed by atoms with Crippen molar-refractivity contribution >= 4 is 0 Å². The van der Waals surface area contributed by atoms with Gasteiger partial charge in [-0.2, -0.15) is 0 Å². The van der Waals surface area contributed by atoms with Crippen LogP contribution in [0.25, 0.3) is 0 Å². The van der Waals surface area contributed by atoms with E-state index in [4.69, 9.17) is 5.73 Å². The maximum atomic E-state index is 5.84. The summed E-state index contributed by atoms with van der Waals surface area (Å²) in [5.41, 5.74) is 9.26. The summed E-state index contributed by atoms with van der Waals surface area (Å²) in [6, 6.07) is 8.94. The van der Waals surface area contributed by atoms with Crippen LogP contribution in [0.3, 0.4) is 0 Å². The molecule has 1 nitrogen and oxygen atoms in total. The van der Waals surface area contributed by atoms with Crippen molar-refractivity contribution in [2.24, 2.45) is 11.1 Å². The van der Waals surface area contributed by atoms with E-state index in [0.29, 0.717) is 0 Å². The molecule has 0 radical (unpaired) electrons. The first kappa shape index (κ1) is 11.7. The molecule has 0 aliphatic heterocycles. The van der Waals surface area contributed by atoms with Crippen molar-refractivity contribution in [1.82, 2.24) is 0 Å². The topological polar surface area (TPSA) is 26.0 Å². The summed E-state index contributed by atoms with van der Waals surface area (Å²) in [6.07, 6.45) is 5.15. The van der Waals surface area contributed by atoms with Gasteiger partial charge in [0.2, 0.25) is 0 Å². The highest BCUT2D eigenvalue weighted by Gasteiger charge is 2.26. The summed E-state index contributed by atoms with van der Waals surface area (Å²) in [5, 5.41) is 0. The third-order valence-electron chi connectivity index (χ3n) is 3.85. The molecule has 1 aliphatic carbocycles. The van der Waals surface area contributed by atoms with E-state index in [-0.39, 0.29) is 5.41 Å². The second-order valence-electron chi connectivity index (χ2n) is 5.86. The van der Waals surface area contributed by atoms with Gasteiger partial charge in [0.15, 0.2) is 0 Å². The number of hydrogen-bond donors (Lipinski definition) is 1. The molecule has 88 valence electrons. The van der Waals surface area contributed by atoms with Crippen LogP contribution in [0.1, 0.15) is 50.2 Å². The molecule has 1 heteroatoms. The van der Waals surface area contributed by atoms with Gasteiger partial charge in [0.05, 0.1) is 0 Å². The van der Waals surface area contributed by atoms with Gasteiger partial charge in [-0.15, -0.1) is 0 Å². The molecule has 1 atom stereocenters. The maximum Gasteiger partial charge on any atom is -0.00256 e. The lowest BCUT2D eigenvalue weighted by Crippen LogP contribution is -2.27. The SMILES string of the molecule is CC(C)(CN)CC1CCCc2ccccc21. The molecule has 0 heterocycles. The normalized spacial score (nSPS) is 20.6. The zero-order chi connectivity index (χ0) is 11.6. The number of fused-ring (bicyclic) bond motifs is 1. The van der Waals surface area contributed by atoms with Crippen molar-refractivity contribution in [1.29, 1.82) is 0 Å². The van der Waals surface area contributed by atoms with Crippen molar-refractivity contribution in [3.8, 4) is 0 Å². The molecule has 0 spiro atoms. The summed E-state index contributed by atoms with van der Waals surface area (Å²) in [5.74, 6) is 0.725. The molecule has 1 aliphatic rings. The number of hydrogen-bond acceptors (Lipinski definition) is 1. The fourth-order valence-corrected chi connectivity index (χ4v) is 2.82. The number of nitrogens with two attached hydrogens (primary N) is 1. The zero-order valence-electron chi connectivity index (χ0n) is 10.5. The van der Waals surface area contributed by atoms with Gasteiger partial charge in [0.1, 0.15) is 0 Å². The Kier molecular flexibility index (Phi) is 3.34. The minimum atomic E-state index is 0.273. The Balaban J connectivity index is 2.19. The Labute approximate surface area is 99.0 Å². The Morgan fingerprint density at radius 1 is 1.31 bits per heavy atom. The van der Waals surface area contributed by atoms with Crippen LogP contribution in [0.2, 0.25) is 0 Å². The van der Waals surface area contributed by atoms with Gasteiger partial charge < -0.3 is 5.73 Å². The van der Waals surface area contributed by atoms with Crippen LogP contribution in [-0.4, -0.2) is 6.54 Å². The van der Waals surface area contributed by atoms with Gasteiger partial charge in [-0.1, -0.05) is 38.1 Å². The molecule has 0 amide bonds. The quantitative estimate of drug-likeness (QED) is 0.824. The van der Waals surface area contributed by atoms with Crippen molar-refractivity contribution < 1.29 is 0 Å². The standard InChI is InChI=1S/C15H23N/c1-15(2,11-16)10-13-8-5-7-12-6-3-4-9-14(12)13/h3-4,6,9,13H,5,7-8,10-11,16H2,1-2H3. The predicted octanol–water partition coefficient (Wildman–Crippen LogP) is 3.48. The molecule has 2 N–H and O–H groups in total. The fraction of sp³-hybridized carbons (Fsp3) is 0.600. The average molecular weight is 217 g/mol. The second kappa shape index (κ2) is 4.58. The lowest BCUT2D eigenvalue weighted by molar-refractivity contribution is 0.300. The van der Waals surface area contributed by atoms with Gasteiger partial charge in [-0.05, 0) is 54.7 Å². The Morgan fingerprint density at radius 2 is 2.06 bits per heavy atom. The van der Waals surface area contributed by atoms with E-state index in [1.807, 2.05) is 0 Å². The van der Waals surface area contributed by atoms with Crippen molar-refractivity contribution in [2.45, 2.75) is 45.4 Å². The lowest BCUT2D eigenvalue weighted by Gasteiger charge is -2.32. The highest BCUT2D eigenvalue weighted by Crippen LogP contribution is 2.39. The smallest absolute Gasteiger partial charge is 0.00256 e. The molecule has 1 aromatic carbocycles. The fourth-order valence-electron chi connectivity index (χ4n) is 2.82. The van der Waals surface area contributed by atoms with Crippen LogP contribution in [0.5, 0.6) is 0 Å². The highest BCUT2D eigenvalue weighted by atomic mass is 14.6. The molecular formula is C15H23N. The Hall–Kier alpha value is -0.820. The van der Waals surface area contributed by atoms with E-state index < -0.39 is 0 Å². The minimum absolute atomic E-state index is 0.273. The largest absolute Gasteiger partial charge is 0.330 e. The lowest BCUT2D eigenvalue weighted by atomic mass is 9.74. The first-order valence-corrected chi connectivity index (χ1v) is 6.40. The summed E-state index contributed by atoms with van der Waals surface area (Å²) >= 11 is 0. The Morgan fingerprint density at radius 3 is 2.81 bits per heavy atom. The molecule has 0 bridgehead atoms. The molecule has 0 fully saturated rings. The van der Waals surface area contributed by atoms with Gasteiger partial charge in [0, 0.05) is 0 Å². The first-order chi connectivity index (χ1) is 7.62. The Bertz CT molecular complexity index is 354. The highest BCUT2D eigenvalue weighted by molar-refractivity contribution is 5.32. The summed E-state index contributed by atoms with van der Waals surface area (Å²) in [7, 11) is 0. The predicted molar refractivity (Wildman–Crippen MR) is 69.6 cm³/mol. The molecule has 16 heavy (non-hydrogen) atoms. The number of rotatable bonds is 3. The summed E-state index contributed by atoms with van der Waals surface area (Å²) in [6.45, 7) is 5.35. The van der Waals surface area contributed by atoms with Gasteiger partial charge in [-0.25, -0.2) is 0 Å². The molecule has 0 aromatic heterocycles. The van der Waals surface area contributed by atoms with Crippen molar-refractivity contribution in [3.05, 3.63) is 35.4 Å². The molecular weight excluding hydrogens is 194 g/mol. The maximum absolute atomic E-state index is 5.84. The van der Waals surface area contributed by atoms with Crippen molar-refractivity contribution in [2.75, 3.05) is 6.54 Å². The molecule has 0 saturated heterocycles. The first-order valence-electron chi connectivity index (χ1n) is 6.40. The van der Waals surface area contributed by atoms with E-state index in [9.17, 15) is 0 Å². The third-order valence-corrected chi connectivity index (χ3v) is 3.85. The van der Waals surface area contributed by atoms with E-state index in [1.54, 1.807) is 11.1 Å². The van der Waals surface area contributed by atoms with E-state index in [2.05, 4.69) is 38.1 Å². The van der Waals surface area contributed by atoms with E-state index in [1.165, 1.54) is 25.7 Å². The average Bonchev–Trinajstić information content (AvgIpc) is 2.29. The third kappa shape index (κ3) is 2.46. The van der Waals surface area contributed by atoms with Crippen LogP contribution in [0, 0.1) is 5.41 Å². The summed E-state index contributed by atoms with van der Waals surface area (Å²) in [4.78, 5) is 0. The molecule has 0 saturated carbocycles. The number of aryl methyl sites for hydroxylation is 1. The summed E-state index contributed by atoms with van der Waals surface area (Å²) < 4.78 is 0. The van der Waals surface area contributed by atoms with Crippen LogP contribution < -0.4 is 5.73 Å². The van der Waals surface area contributed by atoms with E-state index in [0.717, 1.165) is 12.5 Å². The van der Waals surface area contributed by atoms with Gasteiger partial charge in [0.25, 0.3) is 0 Å². The van der Waals surface area contributed by atoms with Crippen LogP contribution >= 0.6 is 0 Å². The molecule has 1 aromatic rings. The minimum Gasteiger partial charge on any atom is -0.330 e. The van der Waals surface area contributed by atoms with Crippen LogP contribution in [0.4, 0.5) is 0 Å². The van der Waals surface area contributed by atoms with Gasteiger partial charge in [-0.3, -0.25) is 0 Å². The molecule has 2 rings (SSSR count). The second-order valence-corrected chi connectivity index (χ2v) is 5.86. The number of benzene rings is 1. The van der Waals surface area contributed by atoms with E-state index >= 15 is 0 Å². The monoisotopic (exact) mass is 217 g/mol. The van der Waals surface area contributed by atoms with Crippen LogP contribution in [0.15, 0.2) is 24.3 Å². The van der Waals surface area contributed by atoms with Crippen molar-refractivity contribution in [3.63, 3.8) is 0 Å². The van der Waals surface area contributed by atoms with Gasteiger partial charge >= 0.3 is 0 Å². The molecule has 1 unspecified atom stereocenters.